The normalized spacial score (nSPS) is 17.6. The highest BCUT2D eigenvalue weighted by atomic mass is 31.2. The fourth-order valence-corrected chi connectivity index (χ4v) is 12.2. The van der Waals surface area contributed by atoms with Gasteiger partial charge in [-0.15, -0.1) is 0 Å². The van der Waals surface area contributed by atoms with E-state index in [4.69, 9.17) is 16.6 Å². The van der Waals surface area contributed by atoms with Crippen LogP contribution in [0.4, 0.5) is 8.78 Å². The summed E-state index contributed by atoms with van der Waals surface area (Å²) in [5, 5.41) is 68.4. The number of nitrogens with two attached hydrogens (primary N) is 2. The summed E-state index contributed by atoms with van der Waals surface area (Å²) in [5.41, 5.74) is 5.78. The molecule has 105 heavy (non-hydrogen) atoms. The van der Waals surface area contributed by atoms with Gasteiger partial charge in [0.1, 0.15) is 66.2 Å². The third kappa shape index (κ3) is 26.7. The zero-order valence-electron chi connectivity index (χ0n) is 59.1. The first-order chi connectivity index (χ1) is 49.1. The number of carboxylic acid groups (broad SMARTS) is 4. The van der Waals surface area contributed by atoms with Crippen molar-refractivity contribution in [2.45, 2.75) is 223 Å². The largest absolute Gasteiger partial charge is 0.508 e. The minimum Gasteiger partial charge on any atom is -0.508 e. The number of hydrogen-bond donors (Lipinski definition) is 17. The molecule has 0 aromatic heterocycles. The van der Waals surface area contributed by atoms with Crippen LogP contribution in [-0.2, 0) is 95.0 Å². The number of carboxylic acids is 4. The second kappa shape index (κ2) is 40.5. The third-order valence-corrected chi connectivity index (χ3v) is 19.2. The number of phenols is 1. The van der Waals surface area contributed by atoms with Crippen LogP contribution in [0.1, 0.15) is 155 Å². The number of carbonyl (C=O) groups is 15. The molecule has 19 N–H and O–H groups in total. The minimum absolute atomic E-state index is 0.00723. The molecule has 0 saturated carbocycles. The lowest BCUT2D eigenvalue weighted by atomic mass is 9.95. The smallest absolute Gasteiger partial charge is 0.399 e. The van der Waals surface area contributed by atoms with E-state index in [0.29, 0.717) is 17.7 Å². The molecule has 2 aromatic rings. The van der Waals surface area contributed by atoms with Crippen LogP contribution in [0, 0.1) is 17.8 Å². The molecule has 2 aliphatic heterocycles. The number of likely N-dealkylation sites (tertiary alicyclic amines) is 2. The zero-order valence-corrected chi connectivity index (χ0v) is 59.9. The van der Waals surface area contributed by atoms with E-state index in [1.807, 2.05) is 0 Å². The van der Waals surface area contributed by atoms with Gasteiger partial charge in [-0.1, -0.05) is 90.8 Å². The van der Waals surface area contributed by atoms with Crippen molar-refractivity contribution in [1.82, 2.24) is 52.3 Å². The number of aliphatic carboxylic acids is 4. The van der Waals surface area contributed by atoms with Gasteiger partial charge in [-0.05, 0) is 98.8 Å². The van der Waals surface area contributed by atoms with E-state index in [9.17, 15) is 115 Å². The number of hydrogen-bond acceptors (Lipinski definition) is 18. The van der Waals surface area contributed by atoms with E-state index in [2.05, 4.69) is 42.5 Å². The highest BCUT2D eigenvalue weighted by Gasteiger charge is 2.51. The molecule has 35 nitrogen and oxygen atoms in total. The van der Waals surface area contributed by atoms with Crippen molar-refractivity contribution >= 4 is 96.5 Å². The number of aromatic hydroxyl groups is 1. The van der Waals surface area contributed by atoms with Gasteiger partial charge in [-0.2, -0.15) is 8.78 Å². The van der Waals surface area contributed by atoms with E-state index in [1.165, 1.54) is 24.3 Å². The van der Waals surface area contributed by atoms with Crippen molar-refractivity contribution in [1.29, 1.82) is 0 Å². The summed E-state index contributed by atoms with van der Waals surface area (Å²) in [6, 6.07) is -8.78. The van der Waals surface area contributed by atoms with Crippen molar-refractivity contribution in [3.05, 3.63) is 65.2 Å². The molecule has 2 aromatic carbocycles. The highest BCUT2D eigenvalue weighted by molar-refractivity contribution is 7.52. The molecular weight excluding hydrogens is 1410 g/mol. The summed E-state index contributed by atoms with van der Waals surface area (Å²) in [7, 11) is -6.13. The van der Waals surface area contributed by atoms with E-state index in [0.717, 1.165) is 21.9 Å². The number of alkyl halides is 2. The topological polar surface area (TPSA) is 569 Å². The minimum atomic E-state index is -6.13. The SMILES string of the molecule is CC[C@H](C)[C@H](NC(=O)[C@@H]1CCCN1C(=O)[C@@H](NC(=O)[C@H](CCC(=O)O)NC(=O)[C@H](CCC(=O)O)NC(=O)[C@H](Cc1ccc(C(F)(F)P(=O)(O)O)cc1)NC(=O)[C@H](CCC(N)=O)NC(=O)[C@@H]1CCCN1C(=O)[C@@H](N)CCC(=O)O)[C@@H](C)CC)C(=O)N[C@@H](Cc1ccc(O)cc1)C(=O)N[C@@H](CC(C)C)C(=O)O. The first-order valence-corrected chi connectivity index (χ1v) is 36.0. The van der Waals surface area contributed by atoms with Crippen LogP contribution in [0.3, 0.4) is 0 Å². The Kier molecular flexibility index (Phi) is 33.8. The van der Waals surface area contributed by atoms with E-state index in [-0.39, 0.29) is 88.1 Å². The van der Waals surface area contributed by atoms with E-state index >= 15 is 0 Å². The second-order valence-corrected chi connectivity index (χ2v) is 28.4. The molecule has 4 rings (SSSR count). The van der Waals surface area contributed by atoms with Gasteiger partial charge < -0.3 is 99.1 Å². The third-order valence-electron chi connectivity index (χ3n) is 18.2. The Morgan fingerprint density at radius 2 is 0.895 bits per heavy atom. The van der Waals surface area contributed by atoms with Crippen molar-refractivity contribution in [3.63, 3.8) is 0 Å². The average molecular weight is 1510 g/mol. The number of phenolic OH excluding ortho intramolecular Hbond substituents is 1. The molecular formula is C67H97F2N12O23P. The molecule has 0 spiro atoms. The summed E-state index contributed by atoms with van der Waals surface area (Å²) in [5.74, 6) is -18.7. The number of nitrogens with one attached hydrogen (secondary N) is 8. The van der Waals surface area contributed by atoms with Gasteiger partial charge in [-0.25, -0.2) is 4.79 Å². The molecule has 2 heterocycles. The molecule has 38 heteroatoms. The Morgan fingerprint density at radius 1 is 0.514 bits per heavy atom. The fourth-order valence-electron chi connectivity index (χ4n) is 11.8. The van der Waals surface area contributed by atoms with Gasteiger partial charge in [0.15, 0.2) is 0 Å². The Morgan fingerprint density at radius 3 is 1.33 bits per heavy atom. The standard InChI is InChI=1S/C67H97F2N12O23P/c1-7-35(5)54(63(97)76-46(33-38-15-19-40(82)20-16-38)60(94)77-47(66(100)101)31-34(3)4)78-62(96)49-12-10-30-81(49)65(99)55(36(6)8-2)79-58(92)44(24-28-53(88)89)72-56(90)43(23-27-52(86)87)73-59(93)45(32-37-13-17-39(18-14-37)67(68,69)105(102,103)104)75-57(91)42(22-25-50(71)83)74-61(95)48-11-9-29-80(48)64(98)41(70)21-26-51(84)85/h13-20,34-36,41-49,54-55,82H,7-12,21-33,70H2,1-6H3,(H2,71,83)(H,72,90)(H,73,93)(H,74,95)(H,75,91)(H,76,97)(H,77,94)(H,78,96)(H,79,92)(H,84,85)(H,86,87)(H,88,89)(H,100,101)(H2,102,103,104)/t35-,36-,41-,42-,43-,44-,45-,46-,47-,48-,49-,54-,55-/m0/s1. The zero-order chi connectivity index (χ0) is 79.0. The van der Waals surface area contributed by atoms with Crippen LogP contribution in [0.25, 0.3) is 0 Å². The van der Waals surface area contributed by atoms with Crippen molar-refractivity contribution < 1.29 is 121 Å². The van der Waals surface area contributed by atoms with Gasteiger partial charge in [0, 0.05) is 57.2 Å². The van der Waals surface area contributed by atoms with Gasteiger partial charge in [0.25, 0.3) is 0 Å². The Bertz CT molecular complexity index is 3510. The maximum atomic E-state index is 14.9. The first-order valence-electron chi connectivity index (χ1n) is 34.4. The predicted octanol–water partition coefficient (Wildman–Crippen LogP) is -0.325. The van der Waals surface area contributed by atoms with Crippen LogP contribution in [0.2, 0.25) is 0 Å². The van der Waals surface area contributed by atoms with Crippen LogP contribution in [0.5, 0.6) is 5.75 Å². The summed E-state index contributed by atoms with van der Waals surface area (Å²) in [4.78, 5) is 224. The van der Waals surface area contributed by atoms with Crippen molar-refractivity contribution in [2.24, 2.45) is 29.2 Å². The quantitative estimate of drug-likeness (QED) is 0.0378. The maximum absolute atomic E-state index is 14.9. The Hall–Kier alpha value is -9.74. The lowest BCUT2D eigenvalue weighted by Gasteiger charge is -2.33. The number of rotatable bonds is 43. The van der Waals surface area contributed by atoms with Crippen LogP contribution in [-0.4, -0.2) is 214 Å². The molecule has 0 aliphatic carbocycles. The molecule has 2 fully saturated rings. The predicted molar refractivity (Wildman–Crippen MR) is 366 cm³/mol. The molecule has 582 valence electrons. The summed E-state index contributed by atoms with van der Waals surface area (Å²) in [6.07, 6.45) is -5.22. The number of nitrogens with zero attached hydrogens (tertiary/aromatic N) is 2. The number of carbonyl (C=O) groups excluding carboxylic acids is 11. The van der Waals surface area contributed by atoms with Gasteiger partial charge in [-0.3, -0.25) is 71.7 Å². The average Bonchev–Trinajstić information content (AvgIpc) is 1.22. The van der Waals surface area contributed by atoms with Gasteiger partial charge in [0.05, 0.1) is 6.04 Å². The lowest BCUT2D eigenvalue weighted by Crippen LogP contribution is -2.62. The molecule has 13 atom stereocenters. The van der Waals surface area contributed by atoms with E-state index < -0.39 is 237 Å². The molecule has 0 radical (unpaired) electrons. The van der Waals surface area contributed by atoms with Crippen LogP contribution >= 0.6 is 7.60 Å². The van der Waals surface area contributed by atoms with Crippen molar-refractivity contribution in [2.75, 3.05) is 13.1 Å². The number of primary amides is 1. The summed E-state index contributed by atoms with van der Waals surface area (Å²) < 4.78 is 41.4. The Labute approximate surface area is 603 Å². The second-order valence-electron chi connectivity index (χ2n) is 26.7. The molecule has 2 saturated heterocycles. The lowest BCUT2D eigenvalue weighted by molar-refractivity contribution is -0.144. The molecule has 0 bridgehead atoms. The van der Waals surface area contributed by atoms with Gasteiger partial charge in [0.2, 0.25) is 65.0 Å². The highest BCUT2D eigenvalue weighted by Crippen LogP contribution is 2.59. The monoisotopic (exact) mass is 1510 g/mol. The fraction of sp³-hybridized carbons (Fsp3) is 0.597. The number of amides is 11. The number of halogens is 2. The maximum Gasteiger partial charge on any atom is 0.399 e. The molecule has 11 amide bonds. The van der Waals surface area contributed by atoms with Crippen molar-refractivity contribution in [3.8, 4) is 5.75 Å². The first kappa shape index (κ1) is 87.7. The summed E-state index contributed by atoms with van der Waals surface area (Å²) in [6.45, 7) is 9.96. The van der Waals surface area contributed by atoms with E-state index in [1.54, 1.807) is 41.5 Å². The Balaban J connectivity index is 1.68. The molecule has 2 aliphatic rings. The molecule has 0 unspecified atom stereocenters. The van der Waals surface area contributed by atoms with Gasteiger partial charge >= 0.3 is 37.1 Å². The number of benzene rings is 2. The van der Waals surface area contributed by atoms with Crippen LogP contribution < -0.4 is 54.0 Å². The summed E-state index contributed by atoms with van der Waals surface area (Å²) >= 11 is 0. The van der Waals surface area contributed by atoms with Crippen LogP contribution in [0.15, 0.2) is 48.5 Å².